The van der Waals surface area contributed by atoms with Crippen LogP contribution < -0.4 is 5.32 Å². The monoisotopic (exact) mass is 318 g/mol. The van der Waals surface area contributed by atoms with Gasteiger partial charge in [-0.1, -0.05) is 34.6 Å². The topological polar surface area (TPSA) is 50.7 Å². The van der Waals surface area contributed by atoms with Crippen LogP contribution in [0.1, 0.15) is 75.7 Å². The third-order valence-corrected chi connectivity index (χ3v) is 4.55. The Hall–Kier alpha value is -1.49. The van der Waals surface area contributed by atoms with Crippen LogP contribution >= 0.6 is 11.3 Å². The van der Waals surface area contributed by atoms with Crippen molar-refractivity contribution in [3.63, 3.8) is 0 Å². The molecule has 0 aliphatic heterocycles. The van der Waals surface area contributed by atoms with Crippen molar-refractivity contribution in [2.45, 2.75) is 65.8 Å². The maximum Gasteiger partial charge on any atom is 0.133 e. The quantitative estimate of drug-likeness (QED) is 0.876. The maximum absolute atomic E-state index is 4.72. The Morgan fingerprint density at radius 2 is 1.77 bits per heavy atom. The summed E-state index contributed by atoms with van der Waals surface area (Å²) in [5.74, 6) is 2.07. The highest BCUT2D eigenvalue weighted by Crippen LogP contribution is 2.27. The van der Waals surface area contributed by atoms with Crippen LogP contribution in [-0.4, -0.2) is 15.0 Å². The van der Waals surface area contributed by atoms with Crippen LogP contribution in [0.2, 0.25) is 0 Å². The van der Waals surface area contributed by atoms with E-state index in [-0.39, 0.29) is 11.5 Å². The van der Waals surface area contributed by atoms with Gasteiger partial charge >= 0.3 is 0 Å². The number of rotatable bonds is 4. The van der Waals surface area contributed by atoms with E-state index in [1.165, 1.54) is 0 Å². The molecular weight excluding hydrogens is 292 g/mol. The molecule has 4 nitrogen and oxygen atoms in total. The van der Waals surface area contributed by atoms with E-state index in [4.69, 9.17) is 4.98 Å². The van der Waals surface area contributed by atoms with Crippen molar-refractivity contribution in [2.75, 3.05) is 5.32 Å². The third kappa shape index (κ3) is 4.03. The van der Waals surface area contributed by atoms with E-state index in [9.17, 15) is 0 Å². The molecule has 0 saturated heterocycles. The van der Waals surface area contributed by atoms with Gasteiger partial charge in [-0.15, -0.1) is 11.3 Å². The minimum Gasteiger partial charge on any atom is -0.361 e. The number of hydrogen-bond acceptors (Lipinski definition) is 5. The highest BCUT2D eigenvalue weighted by atomic mass is 32.1. The first-order valence-corrected chi connectivity index (χ1v) is 8.63. The van der Waals surface area contributed by atoms with Gasteiger partial charge in [0, 0.05) is 28.5 Å². The number of hydrogen-bond donors (Lipinski definition) is 1. The molecule has 0 aromatic carbocycles. The van der Waals surface area contributed by atoms with Crippen LogP contribution in [-0.2, 0) is 5.41 Å². The second-order valence-corrected chi connectivity index (χ2v) is 7.98. The first kappa shape index (κ1) is 16.9. The van der Waals surface area contributed by atoms with Gasteiger partial charge in [-0.05, 0) is 13.8 Å². The van der Waals surface area contributed by atoms with Crippen LogP contribution in [0.5, 0.6) is 0 Å². The Bertz CT molecular complexity index is 640. The van der Waals surface area contributed by atoms with Crippen LogP contribution in [0.25, 0.3) is 0 Å². The van der Waals surface area contributed by atoms with Crippen molar-refractivity contribution in [1.29, 1.82) is 0 Å². The number of aromatic nitrogens is 3. The summed E-state index contributed by atoms with van der Waals surface area (Å²) in [6.07, 6.45) is 0. The zero-order valence-corrected chi connectivity index (χ0v) is 15.4. The van der Waals surface area contributed by atoms with Crippen molar-refractivity contribution in [2.24, 2.45) is 0 Å². The van der Waals surface area contributed by atoms with Crippen LogP contribution in [0, 0.1) is 6.92 Å². The number of anilines is 1. The minimum absolute atomic E-state index is 0.00399. The maximum atomic E-state index is 4.72. The van der Waals surface area contributed by atoms with Gasteiger partial charge in [0.15, 0.2) is 0 Å². The Labute approximate surface area is 137 Å². The van der Waals surface area contributed by atoms with Crippen molar-refractivity contribution in [3.8, 4) is 0 Å². The van der Waals surface area contributed by atoms with E-state index in [1.807, 2.05) is 6.92 Å². The van der Waals surface area contributed by atoms with Gasteiger partial charge < -0.3 is 5.32 Å². The number of nitrogens with one attached hydrogen (secondary N) is 1. The molecule has 2 rings (SSSR count). The molecule has 0 amide bonds. The van der Waals surface area contributed by atoms with Crippen molar-refractivity contribution in [1.82, 2.24) is 15.0 Å². The largest absolute Gasteiger partial charge is 0.361 e. The molecule has 0 spiro atoms. The minimum atomic E-state index is 0.00399. The lowest BCUT2D eigenvalue weighted by atomic mass is 9.91. The van der Waals surface area contributed by atoms with E-state index >= 15 is 0 Å². The standard InChI is InChI=1S/C17H26N4S/c1-10(2)15-20-13(17(5,6)7)8-14(21-15)19-12(4)16-18-11(3)9-22-16/h8-10,12H,1-7H3,(H,19,20,21). The average Bonchev–Trinajstić information content (AvgIpc) is 2.84. The molecule has 0 bridgehead atoms. The highest BCUT2D eigenvalue weighted by molar-refractivity contribution is 7.09. The molecule has 1 N–H and O–H groups in total. The summed E-state index contributed by atoms with van der Waals surface area (Å²) in [6.45, 7) is 14.9. The zero-order valence-electron chi connectivity index (χ0n) is 14.6. The lowest BCUT2D eigenvalue weighted by molar-refractivity contribution is 0.558. The van der Waals surface area contributed by atoms with Gasteiger partial charge in [0.05, 0.1) is 11.7 Å². The van der Waals surface area contributed by atoms with Gasteiger partial charge in [-0.3, -0.25) is 0 Å². The predicted molar refractivity (Wildman–Crippen MR) is 93.7 cm³/mol. The molecule has 120 valence electrons. The number of nitrogens with zero attached hydrogens (tertiary/aromatic N) is 3. The molecule has 0 fully saturated rings. The van der Waals surface area contributed by atoms with Crippen LogP contribution in [0.4, 0.5) is 5.82 Å². The Kier molecular flexibility index (Phi) is 4.85. The highest BCUT2D eigenvalue weighted by Gasteiger charge is 2.20. The first-order chi connectivity index (χ1) is 10.2. The number of thiazole rings is 1. The van der Waals surface area contributed by atoms with E-state index < -0.39 is 0 Å². The summed E-state index contributed by atoms with van der Waals surface area (Å²) >= 11 is 1.68. The zero-order chi connectivity index (χ0) is 16.5. The second-order valence-electron chi connectivity index (χ2n) is 7.09. The smallest absolute Gasteiger partial charge is 0.133 e. The van der Waals surface area contributed by atoms with E-state index in [0.717, 1.165) is 28.0 Å². The Morgan fingerprint density at radius 1 is 1.09 bits per heavy atom. The SMILES string of the molecule is Cc1csc(C(C)Nc2cc(C(C)(C)C)nc(C(C)C)n2)n1. The lowest BCUT2D eigenvalue weighted by Gasteiger charge is -2.21. The number of aryl methyl sites for hydroxylation is 1. The summed E-state index contributed by atoms with van der Waals surface area (Å²) in [5, 5.41) is 6.64. The molecule has 0 aliphatic rings. The third-order valence-electron chi connectivity index (χ3n) is 3.40. The van der Waals surface area contributed by atoms with Gasteiger partial charge in [0.1, 0.15) is 16.6 Å². The molecule has 0 radical (unpaired) electrons. The fourth-order valence-electron chi connectivity index (χ4n) is 2.04. The van der Waals surface area contributed by atoms with E-state index in [1.54, 1.807) is 11.3 Å². The summed E-state index contributed by atoms with van der Waals surface area (Å²) in [6, 6.07) is 2.20. The molecule has 0 aliphatic carbocycles. The molecule has 2 heterocycles. The first-order valence-electron chi connectivity index (χ1n) is 7.75. The molecule has 0 saturated carbocycles. The average molecular weight is 318 g/mol. The molecular formula is C17H26N4S. The van der Waals surface area contributed by atoms with Gasteiger partial charge in [0.2, 0.25) is 0 Å². The van der Waals surface area contributed by atoms with Crippen molar-refractivity contribution < 1.29 is 0 Å². The molecule has 22 heavy (non-hydrogen) atoms. The fourth-order valence-corrected chi connectivity index (χ4v) is 2.84. The Balaban J connectivity index is 2.31. The van der Waals surface area contributed by atoms with Crippen LogP contribution in [0.3, 0.4) is 0 Å². The van der Waals surface area contributed by atoms with Gasteiger partial charge in [0.25, 0.3) is 0 Å². The van der Waals surface area contributed by atoms with Crippen molar-refractivity contribution in [3.05, 3.63) is 33.7 Å². The summed E-state index contributed by atoms with van der Waals surface area (Å²) in [5.41, 5.74) is 2.13. The molecule has 2 aromatic rings. The predicted octanol–water partition coefficient (Wildman–Crippen LogP) is 4.84. The summed E-state index contributed by atoms with van der Waals surface area (Å²) in [7, 11) is 0. The molecule has 5 heteroatoms. The molecule has 1 unspecified atom stereocenters. The van der Waals surface area contributed by atoms with Gasteiger partial charge in [-0.2, -0.15) is 0 Å². The fraction of sp³-hybridized carbons (Fsp3) is 0.588. The van der Waals surface area contributed by atoms with Crippen LogP contribution in [0.15, 0.2) is 11.4 Å². The van der Waals surface area contributed by atoms with Crippen molar-refractivity contribution >= 4 is 17.2 Å². The van der Waals surface area contributed by atoms with E-state index in [0.29, 0.717) is 5.92 Å². The normalized spacial score (nSPS) is 13.5. The molecule has 2 aromatic heterocycles. The van der Waals surface area contributed by atoms with Gasteiger partial charge in [-0.25, -0.2) is 15.0 Å². The van der Waals surface area contributed by atoms with E-state index in [2.05, 4.69) is 68.3 Å². The molecule has 1 atom stereocenters. The summed E-state index contributed by atoms with van der Waals surface area (Å²) in [4.78, 5) is 13.9. The second kappa shape index (κ2) is 6.32. The summed E-state index contributed by atoms with van der Waals surface area (Å²) < 4.78 is 0. The lowest BCUT2D eigenvalue weighted by Crippen LogP contribution is -2.18. The Morgan fingerprint density at radius 3 is 2.27 bits per heavy atom.